The van der Waals surface area contributed by atoms with Crippen molar-refractivity contribution in [1.82, 2.24) is 4.72 Å². The molecule has 0 radical (unpaired) electrons. The predicted octanol–water partition coefficient (Wildman–Crippen LogP) is 3.36. The Morgan fingerprint density at radius 1 is 1.40 bits per heavy atom. The molecule has 1 heterocycles. The SMILES string of the molecule is Nc1cc(Cl)c(F)c(S(=O)(=O)NCc2cc(Br)cs2)c1. The monoisotopic (exact) mass is 398 g/mol. The van der Waals surface area contributed by atoms with Crippen molar-refractivity contribution in [3.63, 3.8) is 0 Å². The van der Waals surface area contributed by atoms with Crippen LogP contribution in [-0.4, -0.2) is 8.42 Å². The molecule has 0 saturated heterocycles. The number of halogens is 3. The number of benzene rings is 1. The van der Waals surface area contributed by atoms with Gasteiger partial charge in [0, 0.05) is 27.0 Å². The molecule has 3 N–H and O–H groups in total. The molecule has 0 unspecified atom stereocenters. The number of sulfonamides is 1. The Morgan fingerprint density at radius 2 is 2.10 bits per heavy atom. The summed E-state index contributed by atoms with van der Waals surface area (Å²) in [7, 11) is -4.02. The zero-order chi connectivity index (χ0) is 14.9. The molecule has 0 aliphatic carbocycles. The molecule has 108 valence electrons. The van der Waals surface area contributed by atoms with E-state index >= 15 is 0 Å². The highest BCUT2D eigenvalue weighted by molar-refractivity contribution is 9.10. The van der Waals surface area contributed by atoms with Crippen molar-refractivity contribution in [1.29, 1.82) is 0 Å². The third kappa shape index (κ3) is 3.50. The second-order valence-corrected chi connectivity index (χ2v) is 7.92. The molecule has 0 aliphatic rings. The molecule has 20 heavy (non-hydrogen) atoms. The van der Waals surface area contributed by atoms with E-state index in [1.54, 1.807) is 6.07 Å². The predicted molar refractivity (Wildman–Crippen MR) is 81.9 cm³/mol. The lowest BCUT2D eigenvalue weighted by Crippen LogP contribution is -2.24. The fourth-order valence-electron chi connectivity index (χ4n) is 1.47. The number of hydrogen-bond donors (Lipinski definition) is 2. The molecule has 2 rings (SSSR count). The van der Waals surface area contributed by atoms with Crippen LogP contribution in [0.15, 0.2) is 32.9 Å². The number of hydrogen-bond acceptors (Lipinski definition) is 4. The maximum Gasteiger partial charge on any atom is 0.243 e. The summed E-state index contributed by atoms with van der Waals surface area (Å²) in [6.45, 7) is 0.0600. The third-order valence-electron chi connectivity index (χ3n) is 2.36. The van der Waals surface area contributed by atoms with E-state index in [9.17, 15) is 12.8 Å². The second kappa shape index (κ2) is 5.98. The molecule has 4 nitrogen and oxygen atoms in total. The maximum absolute atomic E-state index is 13.8. The van der Waals surface area contributed by atoms with Crippen LogP contribution in [-0.2, 0) is 16.6 Å². The lowest BCUT2D eigenvalue weighted by Gasteiger charge is -2.08. The van der Waals surface area contributed by atoms with Gasteiger partial charge in [0.2, 0.25) is 10.0 Å². The highest BCUT2D eigenvalue weighted by Gasteiger charge is 2.21. The normalized spacial score (nSPS) is 11.8. The first-order chi connectivity index (χ1) is 9.29. The van der Waals surface area contributed by atoms with Crippen LogP contribution >= 0.6 is 38.9 Å². The zero-order valence-corrected chi connectivity index (χ0v) is 13.8. The topological polar surface area (TPSA) is 72.2 Å². The van der Waals surface area contributed by atoms with Crippen LogP contribution in [0.4, 0.5) is 10.1 Å². The summed E-state index contributed by atoms with van der Waals surface area (Å²) < 4.78 is 41.1. The van der Waals surface area contributed by atoms with Gasteiger partial charge in [-0.3, -0.25) is 0 Å². The molecule has 0 aliphatic heterocycles. The third-order valence-corrected chi connectivity index (χ3v) is 5.74. The van der Waals surface area contributed by atoms with Crippen molar-refractivity contribution < 1.29 is 12.8 Å². The number of nitrogen functional groups attached to an aromatic ring is 1. The van der Waals surface area contributed by atoms with E-state index in [1.807, 2.05) is 5.38 Å². The standard InChI is InChI=1S/C11H9BrClFN2O2S2/c12-6-1-8(19-5-6)4-16-20(17,18)10-3-7(15)2-9(13)11(10)14/h1-3,5,16H,4,15H2. The van der Waals surface area contributed by atoms with Gasteiger partial charge in [0.15, 0.2) is 5.82 Å². The van der Waals surface area contributed by atoms with Crippen molar-refractivity contribution in [3.8, 4) is 0 Å². The molecule has 0 atom stereocenters. The Hall–Kier alpha value is -0.670. The van der Waals surface area contributed by atoms with Crippen LogP contribution in [0.1, 0.15) is 4.88 Å². The number of nitrogens with two attached hydrogens (primary N) is 1. The molecule has 2 aromatic rings. The van der Waals surface area contributed by atoms with Crippen LogP contribution in [0, 0.1) is 5.82 Å². The second-order valence-electron chi connectivity index (χ2n) is 3.87. The fraction of sp³-hybridized carbons (Fsp3) is 0.0909. The van der Waals surface area contributed by atoms with E-state index in [1.165, 1.54) is 11.3 Å². The lowest BCUT2D eigenvalue weighted by atomic mass is 10.3. The fourth-order valence-corrected chi connectivity index (χ4v) is 4.37. The van der Waals surface area contributed by atoms with Gasteiger partial charge in [-0.2, -0.15) is 0 Å². The molecule has 1 aromatic heterocycles. The van der Waals surface area contributed by atoms with Gasteiger partial charge in [-0.05, 0) is 34.1 Å². The summed E-state index contributed by atoms with van der Waals surface area (Å²) in [5.41, 5.74) is 5.57. The van der Waals surface area contributed by atoms with Crippen molar-refractivity contribution >= 4 is 54.6 Å². The first kappa shape index (κ1) is 15.7. The number of thiophene rings is 1. The molecule has 0 saturated carbocycles. The molecule has 0 spiro atoms. The first-order valence-electron chi connectivity index (χ1n) is 5.26. The van der Waals surface area contributed by atoms with Gasteiger partial charge < -0.3 is 5.73 Å². The Balaban J connectivity index is 2.27. The van der Waals surface area contributed by atoms with Crippen LogP contribution in [0.25, 0.3) is 0 Å². The number of rotatable bonds is 4. The van der Waals surface area contributed by atoms with Gasteiger partial charge in [0.05, 0.1) is 5.02 Å². The first-order valence-corrected chi connectivity index (χ1v) is 8.80. The van der Waals surface area contributed by atoms with E-state index in [0.717, 1.165) is 21.5 Å². The highest BCUT2D eigenvalue weighted by atomic mass is 79.9. The van der Waals surface area contributed by atoms with Crippen molar-refractivity contribution in [2.45, 2.75) is 11.4 Å². The molecular formula is C11H9BrClFN2O2S2. The molecule has 0 amide bonds. The minimum absolute atomic E-state index is 0.0600. The lowest BCUT2D eigenvalue weighted by molar-refractivity contribution is 0.557. The van der Waals surface area contributed by atoms with Crippen LogP contribution in [0.3, 0.4) is 0 Å². The van der Waals surface area contributed by atoms with Gasteiger partial charge in [-0.15, -0.1) is 11.3 Å². The number of nitrogens with one attached hydrogen (secondary N) is 1. The van der Waals surface area contributed by atoms with E-state index in [4.69, 9.17) is 17.3 Å². The Morgan fingerprint density at radius 3 is 2.70 bits per heavy atom. The quantitative estimate of drug-likeness (QED) is 0.774. The van der Waals surface area contributed by atoms with E-state index in [0.29, 0.717) is 0 Å². The van der Waals surface area contributed by atoms with Gasteiger partial charge in [0.25, 0.3) is 0 Å². The summed E-state index contributed by atoms with van der Waals surface area (Å²) in [4.78, 5) is 0.231. The largest absolute Gasteiger partial charge is 0.399 e. The summed E-state index contributed by atoms with van der Waals surface area (Å²) >= 11 is 10.2. The average Bonchev–Trinajstić information content (AvgIpc) is 2.77. The molecule has 1 aromatic carbocycles. The maximum atomic E-state index is 13.8. The molecule has 0 bridgehead atoms. The van der Waals surface area contributed by atoms with Gasteiger partial charge in [-0.1, -0.05) is 11.6 Å². The Labute approximate surface area is 132 Å². The van der Waals surface area contributed by atoms with E-state index < -0.39 is 20.7 Å². The minimum Gasteiger partial charge on any atom is -0.399 e. The molecule has 0 fully saturated rings. The molecule has 9 heteroatoms. The van der Waals surface area contributed by atoms with Crippen LogP contribution in [0.5, 0.6) is 0 Å². The van der Waals surface area contributed by atoms with E-state index in [-0.39, 0.29) is 17.3 Å². The van der Waals surface area contributed by atoms with Crippen LogP contribution < -0.4 is 10.5 Å². The minimum atomic E-state index is -4.02. The Bertz CT molecular complexity index is 749. The smallest absolute Gasteiger partial charge is 0.243 e. The van der Waals surface area contributed by atoms with Gasteiger partial charge in [-0.25, -0.2) is 17.5 Å². The summed E-state index contributed by atoms with van der Waals surface area (Å²) in [6.07, 6.45) is 0. The summed E-state index contributed by atoms with van der Waals surface area (Å²) in [5.74, 6) is -1.01. The van der Waals surface area contributed by atoms with E-state index in [2.05, 4.69) is 20.7 Å². The zero-order valence-electron chi connectivity index (χ0n) is 9.86. The Kier molecular flexibility index (Phi) is 4.70. The highest BCUT2D eigenvalue weighted by Crippen LogP contribution is 2.26. The van der Waals surface area contributed by atoms with Crippen molar-refractivity contribution in [2.24, 2.45) is 0 Å². The van der Waals surface area contributed by atoms with Crippen molar-refractivity contribution in [3.05, 3.63) is 43.8 Å². The van der Waals surface area contributed by atoms with Gasteiger partial charge >= 0.3 is 0 Å². The van der Waals surface area contributed by atoms with Crippen molar-refractivity contribution in [2.75, 3.05) is 5.73 Å². The number of anilines is 1. The summed E-state index contributed by atoms with van der Waals surface area (Å²) in [5, 5.41) is 1.49. The van der Waals surface area contributed by atoms with Crippen LogP contribution in [0.2, 0.25) is 5.02 Å². The average molecular weight is 400 g/mol. The van der Waals surface area contributed by atoms with Gasteiger partial charge in [0.1, 0.15) is 4.90 Å². The summed E-state index contributed by atoms with van der Waals surface area (Å²) in [6, 6.07) is 3.97. The molecular weight excluding hydrogens is 391 g/mol.